The van der Waals surface area contributed by atoms with Gasteiger partial charge in [0.1, 0.15) is 0 Å². The summed E-state index contributed by atoms with van der Waals surface area (Å²) in [6, 6.07) is 6.79. The summed E-state index contributed by atoms with van der Waals surface area (Å²) in [5.41, 5.74) is 0.752. The van der Waals surface area contributed by atoms with Gasteiger partial charge in [0.15, 0.2) is 0 Å². The maximum atomic E-state index is 12.5. The van der Waals surface area contributed by atoms with Crippen LogP contribution in [0.4, 0.5) is 0 Å². The normalized spacial score (nSPS) is 20.5. The van der Waals surface area contributed by atoms with E-state index in [9.17, 15) is 14.4 Å². The summed E-state index contributed by atoms with van der Waals surface area (Å²) in [5.74, 6) is -1.25. The average molecular weight is 338 g/mol. The number of carbonyl (C=O) groups is 3. The van der Waals surface area contributed by atoms with Crippen LogP contribution in [0.1, 0.15) is 24.9 Å². The van der Waals surface area contributed by atoms with Crippen LogP contribution in [-0.2, 0) is 14.4 Å². The predicted molar refractivity (Wildman–Crippen MR) is 86.8 cm³/mol. The standard InChI is InChI=1S/C16H20ClN3O3/c1-3-20-14(22)8-11(16(23)19-9-13(21)18-2)15(20)10-6-4-5-7-12(10)17/h4-7,11,15H,3,8-9H2,1-2H3,(H,18,21)(H,19,23)/t11-,15+/m1/s1. The fourth-order valence-corrected chi connectivity index (χ4v) is 3.13. The number of benzene rings is 1. The first-order chi connectivity index (χ1) is 11.0. The quantitative estimate of drug-likeness (QED) is 0.845. The Morgan fingerprint density at radius 2 is 2.04 bits per heavy atom. The Morgan fingerprint density at radius 1 is 1.35 bits per heavy atom. The number of amides is 3. The smallest absolute Gasteiger partial charge is 0.239 e. The molecule has 1 fully saturated rings. The van der Waals surface area contributed by atoms with Gasteiger partial charge in [-0.2, -0.15) is 0 Å². The molecule has 124 valence electrons. The number of nitrogens with zero attached hydrogens (tertiary/aromatic N) is 1. The Bertz CT molecular complexity index is 620. The summed E-state index contributed by atoms with van der Waals surface area (Å²) in [7, 11) is 1.50. The van der Waals surface area contributed by atoms with Crippen molar-refractivity contribution in [3.05, 3.63) is 34.9 Å². The van der Waals surface area contributed by atoms with Crippen LogP contribution >= 0.6 is 11.6 Å². The number of rotatable bonds is 5. The summed E-state index contributed by atoms with van der Waals surface area (Å²) in [4.78, 5) is 37.6. The molecule has 2 rings (SSSR count). The van der Waals surface area contributed by atoms with Gasteiger partial charge < -0.3 is 15.5 Å². The lowest BCUT2D eigenvalue weighted by atomic mass is 9.92. The third-order valence-corrected chi connectivity index (χ3v) is 4.38. The van der Waals surface area contributed by atoms with Crippen LogP contribution in [0.2, 0.25) is 5.02 Å². The van der Waals surface area contributed by atoms with Crippen molar-refractivity contribution < 1.29 is 14.4 Å². The highest BCUT2D eigenvalue weighted by atomic mass is 35.5. The third-order valence-electron chi connectivity index (χ3n) is 4.04. The minimum Gasteiger partial charge on any atom is -0.358 e. The molecule has 2 atom stereocenters. The van der Waals surface area contributed by atoms with Crippen LogP contribution in [0.5, 0.6) is 0 Å². The first kappa shape index (κ1) is 17.3. The lowest BCUT2D eigenvalue weighted by molar-refractivity contribution is -0.129. The molecule has 1 aliphatic heterocycles. The predicted octanol–water partition coefficient (Wildman–Crippen LogP) is 1.11. The van der Waals surface area contributed by atoms with Crippen molar-refractivity contribution >= 4 is 29.3 Å². The molecule has 3 amide bonds. The number of carbonyl (C=O) groups excluding carboxylic acids is 3. The summed E-state index contributed by atoms with van der Waals surface area (Å²) in [6.45, 7) is 2.25. The van der Waals surface area contributed by atoms with Crippen molar-refractivity contribution in [3.8, 4) is 0 Å². The Kier molecular flexibility index (Phi) is 5.60. The molecule has 1 aliphatic rings. The molecular formula is C16H20ClN3O3. The molecule has 1 aromatic carbocycles. The number of halogens is 1. The first-order valence-corrected chi connectivity index (χ1v) is 7.89. The van der Waals surface area contributed by atoms with Crippen molar-refractivity contribution in [2.24, 2.45) is 5.92 Å². The lowest BCUT2D eigenvalue weighted by Crippen LogP contribution is -2.40. The number of likely N-dealkylation sites (tertiary alicyclic amines) is 1. The summed E-state index contributed by atoms with van der Waals surface area (Å²) in [6.07, 6.45) is 0.114. The molecule has 0 saturated carbocycles. The monoisotopic (exact) mass is 337 g/mol. The van der Waals surface area contributed by atoms with Crippen molar-refractivity contribution in [2.45, 2.75) is 19.4 Å². The molecule has 0 aromatic heterocycles. The molecule has 2 N–H and O–H groups in total. The highest BCUT2D eigenvalue weighted by molar-refractivity contribution is 6.31. The SMILES string of the molecule is CCN1C(=O)C[C@@H](C(=O)NCC(=O)NC)[C@@H]1c1ccccc1Cl. The van der Waals surface area contributed by atoms with Gasteiger partial charge in [-0.25, -0.2) is 0 Å². The summed E-state index contributed by atoms with van der Waals surface area (Å²) >= 11 is 6.26. The summed E-state index contributed by atoms with van der Waals surface area (Å²) in [5, 5.41) is 5.55. The van der Waals surface area contributed by atoms with Gasteiger partial charge in [-0.15, -0.1) is 0 Å². The van der Waals surface area contributed by atoms with Crippen LogP contribution in [-0.4, -0.2) is 42.8 Å². The van der Waals surface area contributed by atoms with Crippen molar-refractivity contribution in [1.82, 2.24) is 15.5 Å². The fourth-order valence-electron chi connectivity index (χ4n) is 2.88. The Balaban J connectivity index is 2.26. The molecule has 23 heavy (non-hydrogen) atoms. The number of likely N-dealkylation sites (N-methyl/N-ethyl adjacent to an activating group) is 1. The van der Waals surface area contributed by atoms with Crippen LogP contribution in [0, 0.1) is 5.92 Å². The highest BCUT2D eigenvalue weighted by Crippen LogP contribution is 2.40. The number of hydrogen-bond acceptors (Lipinski definition) is 3. The molecular weight excluding hydrogens is 318 g/mol. The van der Waals surface area contributed by atoms with Crippen LogP contribution in [0.25, 0.3) is 0 Å². The van der Waals surface area contributed by atoms with E-state index < -0.39 is 12.0 Å². The van der Waals surface area contributed by atoms with Gasteiger partial charge in [0.05, 0.1) is 18.5 Å². The molecule has 1 saturated heterocycles. The molecule has 1 heterocycles. The Hall–Kier alpha value is -2.08. The zero-order valence-electron chi connectivity index (χ0n) is 13.1. The van der Waals surface area contributed by atoms with Gasteiger partial charge in [-0.05, 0) is 18.6 Å². The van der Waals surface area contributed by atoms with Gasteiger partial charge in [-0.1, -0.05) is 29.8 Å². The molecule has 0 unspecified atom stereocenters. The number of hydrogen-bond donors (Lipinski definition) is 2. The zero-order valence-corrected chi connectivity index (χ0v) is 13.9. The molecule has 0 aliphatic carbocycles. The second kappa shape index (κ2) is 7.46. The Morgan fingerprint density at radius 3 is 2.65 bits per heavy atom. The number of nitrogens with one attached hydrogen (secondary N) is 2. The van der Waals surface area contributed by atoms with E-state index in [1.54, 1.807) is 17.0 Å². The molecule has 1 aromatic rings. The van der Waals surface area contributed by atoms with Gasteiger partial charge >= 0.3 is 0 Å². The molecule has 0 spiro atoms. The van der Waals surface area contributed by atoms with Crippen LogP contribution in [0.15, 0.2) is 24.3 Å². The lowest BCUT2D eigenvalue weighted by Gasteiger charge is -2.28. The second-order valence-electron chi connectivity index (χ2n) is 5.35. The Labute approximate surface area is 140 Å². The van der Waals surface area contributed by atoms with E-state index in [0.29, 0.717) is 11.6 Å². The van der Waals surface area contributed by atoms with Gasteiger partial charge in [0.25, 0.3) is 0 Å². The van der Waals surface area contributed by atoms with Crippen molar-refractivity contribution in [2.75, 3.05) is 20.1 Å². The largest absolute Gasteiger partial charge is 0.358 e. The molecule has 0 bridgehead atoms. The highest BCUT2D eigenvalue weighted by Gasteiger charge is 2.44. The van der Waals surface area contributed by atoms with Gasteiger partial charge in [0, 0.05) is 25.0 Å². The first-order valence-electron chi connectivity index (χ1n) is 7.51. The molecule has 0 radical (unpaired) electrons. The maximum absolute atomic E-state index is 12.5. The van der Waals surface area contributed by atoms with E-state index >= 15 is 0 Å². The maximum Gasteiger partial charge on any atom is 0.239 e. The third kappa shape index (κ3) is 3.64. The van der Waals surface area contributed by atoms with E-state index in [2.05, 4.69) is 10.6 Å². The van der Waals surface area contributed by atoms with E-state index in [1.807, 2.05) is 19.1 Å². The topological polar surface area (TPSA) is 78.5 Å². The van der Waals surface area contributed by atoms with Gasteiger partial charge in [0.2, 0.25) is 17.7 Å². The molecule has 7 heteroatoms. The van der Waals surface area contributed by atoms with Crippen molar-refractivity contribution in [3.63, 3.8) is 0 Å². The van der Waals surface area contributed by atoms with Gasteiger partial charge in [-0.3, -0.25) is 14.4 Å². The fraction of sp³-hybridized carbons (Fsp3) is 0.438. The summed E-state index contributed by atoms with van der Waals surface area (Å²) < 4.78 is 0. The minimum absolute atomic E-state index is 0.0856. The minimum atomic E-state index is -0.563. The molecule has 6 nitrogen and oxygen atoms in total. The zero-order chi connectivity index (χ0) is 17.0. The van der Waals surface area contributed by atoms with Crippen molar-refractivity contribution in [1.29, 1.82) is 0 Å². The van der Waals surface area contributed by atoms with E-state index in [0.717, 1.165) is 5.56 Å². The van der Waals surface area contributed by atoms with E-state index in [-0.39, 0.29) is 30.7 Å². The van der Waals surface area contributed by atoms with E-state index in [1.165, 1.54) is 7.05 Å². The van der Waals surface area contributed by atoms with Crippen LogP contribution in [0.3, 0.4) is 0 Å². The van der Waals surface area contributed by atoms with E-state index in [4.69, 9.17) is 11.6 Å². The second-order valence-corrected chi connectivity index (χ2v) is 5.75. The van der Waals surface area contributed by atoms with Crippen LogP contribution < -0.4 is 10.6 Å². The average Bonchev–Trinajstić information content (AvgIpc) is 2.89.